The van der Waals surface area contributed by atoms with Crippen molar-refractivity contribution in [2.24, 2.45) is 7.05 Å². The van der Waals surface area contributed by atoms with E-state index in [4.69, 9.17) is 4.74 Å². The number of hydrogen-bond acceptors (Lipinski definition) is 3. The van der Waals surface area contributed by atoms with Gasteiger partial charge in [-0.1, -0.05) is 36.4 Å². The van der Waals surface area contributed by atoms with Crippen LogP contribution in [0.3, 0.4) is 0 Å². The fourth-order valence-corrected chi connectivity index (χ4v) is 3.10. The van der Waals surface area contributed by atoms with Gasteiger partial charge in [-0.2, -0.15) is 0 Å². The number of nitrogens with zero attached hydrogens (tertiary/aromatic N) is 2. The van der Waals surface area contributed by atoms with E-state index in [0.717, 1.165) is 22.2 Å². The summed E-state index contributed by atoms with van der Waals surface area (Å²) in [5.41, 5.74) is 3.76. The monoisotopic (exact) mass is 381 g/mol. The number of carbonyl (C=O) groups is 1. The number of hydrogen-bond donors (Lipinski definition) is 1. The van der Waals surface area contributed by atoms with Gasteiger partial charge < -0.3 is 10.1 Å². The molecule has 0 fully saturated rings. The molecule has 148 valence electrons. The van der Waals surface area contributed by atoms with Gasteiger partial charge in [0, 0.05) is 26.6 Å². The molecule has 0 unspecified atom stereocenters. The second-order valence-electron chi connectivity index (χ2n) is 7.18. The Balaban J connectivity index is 1.53. The molecule has 2 aromatic carbocycles. The minimum atomic E-state index is -0.104. The lowest BCUT2D eigenvalue weighted by Gasteiger charge is -2.09. The van der Waals surface area contributed by atoms with E-state index in [1.807, 2.05) is 62.4 Å². The average molecular weight is 381 g/mol. The van der Waals surface area contributed by atoms with E-state index in [0.29, 0.717) is 19.7 Å². The van der Waals surface area contributed by atoms with Crippen molar-refractivity contribution in [1.82, 2.24) is 14.5 Å². The van der Waals surface area contributed by atoms with Crippen LogP contribution in [0.15, 0.2) is 53.3 Å². The zero-order valence-electron chi connectivity index (χ0n) is 16.6. The van der Waals surface area contributed by atoms with Crippen LogP contribution in [-0.4, -0.2) is 21.1 Å². The molecule has 0 radical (unpaired) electrons. The minimum Gasteiger partial charge on any atom is -0.374 e. The van der Waals surface area contributed by atoms with Crippen LogP contribution in [0.4, 0.5) is 0 Å². The highest BCUT2D eigenvalue weighted by molar-refractivity contribution is 5.77. The van der Waals surface area contributed by atoms with E-state index < -0.39 is 0 Å². The summed E-state index contributed by atoms with van der Waals surface area (Å²) in [5.74, 6) is -0.0768. The molecule has 0 atom stereocenters. The molecule has 0 saturated carbocycles. The zero-order chi connectivity index (χ0) is 20.1. The number of ether oxygens (including phenoxy) is 1. The van der Waals surface area contributed by atoms with Gasteiger partial charge in [0.25, 0.3) is 0 Å². The van der Waals surface area contributed by atoms with Crippen molar-refractivity contribution in [3.05, 3.63) is 70.1 Å². The first-order valence-electron chi connectivity index (χ1n) is 9.56. The fourth-order valence-electron chi connectivity index (χ4n) is 3.10. The standard InChI is InChI=1S/C22H27N3O3/c1-16(2)28-15-18-10-8-17(9-11-18)14-23-21(26)12-13-25-20-7-5-4-6-19(20)24(3)22(25)27/h4-11,16H,12-15H2,1-3H3,(H,23,26). The van der Waals surface area contributed by atoms with E-state index in [9.17, 15) is 9.59 Å². The summed E-state index contributed by atoms with van der Waals surface area (Å²) in [4.78, 5) is 24.6. The number of rotatable bonds is 8. The van der Waals surface area contributed by atoms with Crippen molar-refractivity contribution in [1.29, 1.82) is 0 Å². The third-order valence-electron chi connectivity index (χ3n) is 4.71. The smallest absolute Gasteiger partial charge is 0.328 e. The van der Waals surface area contributed by atoms with Crippen LogP contribution < -0.4 is 11.0 Å². The predicted octanol–water partition coefficient (Wildman–Crippen LogP) is 2.97. The van der Waals surface area contributed by atoms with Crippen LogP contribution in [0.25, 0.3) is 11.0 Å². The Kier molecular flexibility index (Phi) is 6.31. The van der Waals surface area contributed by atoms with Crippen molar-refractivity contribution >= 4 is 16.9 Å². The van der Waals surface area contributed by atoms with Crippen LogP contribution in [0.5, 0.6) is 0 Å². The van der Waals surface area contributed by atoms with Gasteiger partial charge in [-0.3, -0.25) is 13.9 Å². The zero-order valence-corrected chi connectivity index (χ0v) is 16.6. The second kappa shape index (κ2) is 8.89. The quantitative estimate of drug-likeness (QED) is 0.652. The Labute approximate surface area is 164 Å². The predicted molar refractivity (Wildman–Crippen MR) is 110 cm³/mol. The molecular weight excluding hydrogens is 354 g/mol. The van der Waals surface area contributed by atoms with Crippen LogP contribution in [-0.2, 0) is 36.3 Å². The van der Waals surface area contributed by atoms with E-state index >= 15 is 0 Å². The number of aryl methyl sites for hydroxylation is 2. The molecule has 0 aliphatic heterocycles. The molecule has 28 heavy (non-hydrogen) atoms. The number of amides is 1. The summed E-state index contributed by atoms with van der Waals surface area (Å²) in [7, 11) is 1.75. The van der Waals surface area contributed by atoms with Crippen molar-refractivity contribution < 1.29 is 9.53 Å². The fraction of sp³-hybridized carbons (Fsp3) is 0.364. The summed E-state index contributed by atoms with van der Waals surface area (Å²) in [6.07, 6.45) is 0.460. The molecule has 6 nitrogen and oxygen atoms in total. The molecular formula is C22H27N3O3. The maximum atomic E-state index is 12.4. The third kappa shape index (κ3) is 4.70. The first-order chi connectivity index (χ1) is 13.5. The highest BCUT2D eigenvalue weighted by atomic mass is 16.5. The number of aromatic nitrogens is 2. The molecule has 0 aliphatic carbocycles. The summed E-state index contributed by atoms with van der Waals surface area (Å²) in [6.45, 7) is 5.43. The Bertz CT molecular complexity index is 1000. The summed E-state index contributed by atoms with van der Waals surface area (Å²) in [6, 6.07) is 15.6. The summed E-state index contributed by atoms with van der Waals surface area (Å²) in [5, 5.41) is 2.92. The number of imidazole rings is 1. The van der Waals surface area contributed by atoms with Gasteiger partial charge in [-0.15, -0.1) is 0 Å². The lowest BCUT2D eigenvalue weighted by Crippen LogP contribution is -2.27. The van der Waals surface area contributed by atoms with Crippen LogP contribution >= 0.6 is 0 Å². The number of carbonyl (C=O) groups excluding carboxylic acids is 1. The number of para-hydroxylation sites is 2. The molecule has 0 bridgehead atoms. The lowest BCUT2D eigenvalue weighted by molar-refractivity contribution is -0.121. The van der Waals surface area contributed by atoms with Gasteiger partial charge in [0.2, 0.25) is 5.91 Å². The number of nitrogens with one attached hydrogen (secondary N) is 1. The van der Waals surface area contributed by atoms with Gasteiger partial charge in [0.15, 0.2) is 0 Å². The Morgan fingerprint density at radius 3 is 2.36 bits per heavy atom. The van der Waals surface area contributed by atoms with Crippen LogP contribution in [0, 0.1) is 0 Å². The number of benzene rings is 2. The van der Waals surface area contributed by atoms with Gasteiger partial charge in [0.1, 0.15) is 0 Å². The van der Waals surface area contributed by atoms with Crippen molar-refractivity contribution in [3.8, 4) is 0 Å². The minimum absolute atomic E-state index is 0.0768. The van der Waals surface area contributed by atoms with Crippen molar-refractivity contribution in [2.75, 3.05) is 0 Å². The van der Waals surface area contributed by atoms with Gasteiger partial charge in [-0.05, 0) is 37.1 Å². The Hall–Kier alpha value is -2.86. The first kappa shape index (κ1) is 19.9. The normalized spacial score (nSPS) is 11.3. The largest absolute Gasteiger partial charge is 0.374 e. The molecule has 0 saturated heterocycles. The molecule has 1 heterocycles. The van der Waals surface area contributed by atoms with Crippen molar-refractivity contribution in [2.45, 2.75) is 46.1 Å². The number of fused-ring (bicyclic) bond motifs is 1. The highest BCUT2D eigenvalue weighted by Gasteiger charge is 2.11. The van der Waals surface area contributed by atoms with Crippen molar-refractivity contribution in [3.63, 3.8) is 0 Å². The van der Waals surface area contributed by atoms with Crippen LogP contribution in [0.2, 0.25) is 0 Å². The van der Waals surface area contributed by atoms with E-state index in [-0.39, 0.29) is 24.1 Å². The Morgan fingerprint density at radius 1 is 1.04 bits per heavy atom. The molecule has 3 aromatic rings. The van der Waals surface area contributed by atoms with Gasteiger partial charge >= 0.3 is 5.69 Å². The topological polar surface area (TPSA) is 65.3 Å². The Morgan fingerprint density at radius 2 is 1.68 bits per heavy atom. The molecule has 6 heteroatoms. The molecule has 0 aliphatic rings. The van der Waals surface area contributed by atoms with E-state index in [1.165, 1.54) is 0 Å². The maximum Gasteiger partial charge on any atom is 0.328 e. The molecule has 1 aromatic heterocycles. The molecule has 0 spiro atoms. The maximum absolute atomic E-state index is 12.4. The SMILES string of the molecule is CC(C)OCc1ccc(CNC(=O)CCn2c(=O)n(C)c3ccccc32)cc1. The molecule has 1 amide bonds. The van der Waals surface area contributed by atoms with E-state index in [2.05, 4.69) is 5.32 Å². The second-order valence-corrected chi connectivity index (χ2v) is 7.18. The average Bonchev–Trinajstić information content (AvgIpc) is 2.94. The first-order valence-corrected chi connectivity index (χ1v) is 9.56. The third-order valence-corrected chi connectivity index (χ3v) is 4.71. The van der Waals surface area contributed by atoms with Gasteiger partial charge in [0.05, 0.1) is 23.7 Å². The highest BCUT2D eigenvalue weighted by Crippen LogP contribution is 2.12. The van der Waals surface area contributed by atoms with Gasteiger partial charge in [-0.25, -0.2) is 4.79 Å². The molecule has 3 rings (SSSR count). The molecule has 1 N–H and O–H groups in total. The summed E-state index contributed by atoms with van der Waals surface area (Å²) >= 11 is 0. The lowest BCUT2D eigenvalue weighted by atomic mass is 10.1. The van der Waals surface area contributed by atoms with Crippen LogP contribution in [0.1, 0.15) is 31.4 Å². The summed E-state index contributed by atoms with van der Waals surface area (Å²) < 4.78 is 8.84. The van der Waals surface area contributed by atoms with E-state index in [1.54, 1.807) is 16.2 Å².